The minimum atomic E-state index is -0.869. The van der Waals surface area contributed by atoms with Crippen molar-refractivity contribution in [1.29, 1.82) is 0 Å². The SMILES string of the molecule is CCOC(=O)C(CCc1ccc(OCC)cc1)C(=O)OCC. The van der Waals surface area contributed by atoms with E-state index in [0.29, 0.717) is 19.4 Å². The maximum absolute atomic E-state index is 11.9. The van der Waals surface area contributed by atoms with Gasteiger partial charge in [-0.3, -0.25) is 9.59 Å². The van der Waals surface area contributed by atoms with E-state index in [2.05, 4.69) is 0 Å². The zero-order valence-corrected chi connectivity index (χ0v) is 13.5. The summed E-state index contributed by atoms with van der Waals surface area (Å²) in [6.07, 6.45) is 0.959. The highest BCUT2D eigenvalue weighted by atomic mass is 16.6. The van der Waals surface area contributed by atoms with Crippen LogP contribution in [0.2, 0.25) is 0 Å². The molecule has 0 aliphatic heterocycles. The highest BCUT2D eigenvalue weighted by molar-refractivity contribution is 5.94. The molecule has 0 saturated carbocycles. The second-order valence-electron chi connectivity index (χ2n) is 4.67. The molecule has 5 heteroatoms. The first kappa shape index (κ1) is 18.0. The Balaban J connectivity index is 2.65. The van der Waals surface area contributed by atoms with E-state index in [1.54, 1.807) is 13.8 Å². The second kappa shape index (κ2) is 9.82. The van der Waals surface area contributed by atoms with Gasteiger partial charge in [0.05, 0.1) is 19.8 Å². The number of hydrogen-bond acceptors (Lipinski definition) is 5. The number of benzene rings is 1. The molecule has 1 rings (SSSR count). The molecule has 0 atom stereocenters. The highest BCUT2D eigenvalue weighted by Crippen LogP contribution is 2.17. The van der Waals surface area contributed by atoms with Gasteiger partial charge in [-0.25, -0.2) is 0 Å². The van der Waals surface area contributed by atoms with Gasteiger partial charge in [0, 0.05) is 0 Å². The molecule has 0 unspecified atom stereocenters. The third-order valence-corrected chi connectivity index (χ3v) is 3.10. The van der Waals surface area contributed by atoms with Crippen LogP contribution >= 0.6 is 0 Å². The van der Waals surface area contributed by atoms with Crippen LogP contribution in [-0.4, -0.2) is 31.8 Å². The van der Waals surface area contributed by atoms with Crippen LogP contribution in [0.3, 0.4) is 0 Å². The molecule has 22 heavy (non-hydrogen) atoms. The topological polar surface area (TPSA) is 61.8 Å². The minimum absolute atomic E-state index is 0.248. The Morgan fingerprint density at radius 2 is 1.45 bits per heavy atom. The molecule has 0 amide bonds. The fourth-order valence-electron chi connectivity index (χ4n) is 2.05. The van der Waals surface area contributed by atoms with E-state index in [0.717, 1.165) is 11.3 Å². The van der Waals surface area contributed by atoms with Gasteiger partial charge in [0.1, 0.15) is 5.75 Å². The first-order valence-corrected chi connectivity index (χ1v) is 7.67. The molecule has 0 fully saturated rings. The molecule has 0 spiro atoms. The van der Waals surface area contributed by atoms with Crippen LogP contribution in [0.5, 0.6) is 5.75 Å². The molecule has 0 aliphatic rings. The molecule has 0 N–H and O–H groups in total. The third kappa shape index (κ3) is 5.76. The van der Waals surface area contributed by atoms with E-state index in [1.807, 2.05) is 31.2 Å². The summed E-state index contributed by atoms with van der Waals surface area (Å²) in [6.45, 7) is 6.47. The summed E-state index contributed by atoms with van der Waals surface area (Å²) in [5.41, 5.74) is 1.03. The van der Waals surface area contributed by atoms with E-state index >= 15 is 0 Å². The van der Waals surface area contributed by atoms with Crippen molar-refractivity contribution in [2.75, 3.05) is 19.8 Å². The van der Waals surface area contributed by atoms with Crippen molar-refractivity contribution < 1.29 is 23.8 Å². The number of ether oxygens (including phenoxy) is 3. The van der Waals surface area contributed by atoms with Gasteiger partial charge in [0.15, 0.2) is 5.92 Å². The lowest BCUT2D eigenvalue weighted by molar-refractivity contribution is -0.161. The maximum atomic E-state index is 11.9. The zero-order valence-electron chi connectivity index (χ0n) is 13.5. The molecule has 1 aromatic carbocycles. The minimum Gasteiger partial charge on any atom is -0.494 e. The number of aryl methyl sites for hydroxylation is 1. The Kier molecular flexibility index (Phi) is 8.04. The summed E-state index contributed by atoms with van der Waals surface area (Å²) >= 11 is 0. The van der Waals surface area contributed by atoms with Gasteiger partial charge in [0.25, 0.3) is 0 Å². The summed E-state index contributed by atoms with van der Waals surface area (Å²) in [7, 11) is 0. The largest absolute Gasteiger partial charge is 0.494 e. The monoisotopic (exact) mass is 308 g/mol. The smallest absolute Gasteiger partial charge is 0.320 e. The molecular weight excluding hydrogens is 284 g/mol. The van der Waals surface area contributed by atoms with Crippen LogP contribution in [0.1, 0.15) is 32.8 Å². The molecule has 0 bridgehead atoms. The van der Waals surface area contributed by atoms with Crippen molar-refractivity contribution >= 4 is 11.9 Å². The number of hydrogen-bond donors (Lipinski definition) is 0. The molecule has 122 valence electrons. The predicted molar refractivity (Wildman–Crippen MR) is 82.7 cm³/mol. The van der Waals surface area contributed by atoms with E-state index in [4.69, 9.17) is 14.2 Å². The summed E-state index contributed by atoms with van der Waals surface area (Å²) in [4.78, 5) is 23.8. The molecule has 0 radical (unpaired) electrons. The van der Waals surface area contributed by atoms with Gasteiger partial charge < -0.3 is 14.2 Å². The third-order valence-electron chi connectivity index (χ3n) is 3.10. The van der Waals surface area contributed by atoms with Gasteiger partial charge in [-0.05, 0) is 51.3 Å². The molecule has 0 aromatic heterocycles. The van der Waals surface area contributed by atoms with Crippen LogP contribution in [-0.2, 0) is 25.5 Å². The van der Waals surface area contributed by atoms with Crippen LogP contribution in [0, 0.1) is 5.92 Å². The average molecular weight is 308 g/mol. The first-order valence-electron chi connectivity index (χ1n) is 7.67. The standard InChI is InChI=1S/C17H24O5/c1-4-20-14-10-7-13(8-11-14)9-12-15(16(18)21-5-2)17(19)22-6-3/h7-8,10-11,15H,4-6,9,12H2,1-3H3. The average Bonchev–Trinajstić information content (AvgIpc) is 2.50. The van der Waals surface area contributed by atoms with Gasteiger partial charge in [-0.1, -0.05) is 12.1 Å². The molecule has 5 nitrogen and oxygen atoms in total. The molecular formula is C17H24O5. The Morgan fingerprint density at radius 1 is 0.909 bits per heavy atom. The molecule has 0 aliphatic carbocycles. The summed E-state index contributed by atoms with van der Waals surface area (Å²) in [5, 5.41) is 0. The van der Waals surface area contributed by atoms with Crippen LogP contribution in [0.15, 0.2) is 24.3 Å². The Morgan fingerprint density at radius 3 is 1.91 bits per heavy atom. The van der Waals surface area contributed by atoms with Crippen LogP contribution < -0.4 is 4.74 Å². The fourth-order valence-corrected chi connectivity index (χ4v) is 2.05. The summed E-state index contributed by atoms with van der Waals surface area (Å²) < 4.78 is 15.3. The van der Waals surface area contributed by atoms with E-state index in [9.17, 15) is 9.59 Å². The molecule has 0 saturated heterocycles. The predicted octanol–water partition coefficient (Wildman–Crippen LogP) is 2.76. The van der Waals surface area contributed by atoms with E-state index in [1.165, 1.54) is 0 Å². The maximum Gasteiger partial charge on any atom is 0.320 e. The van der Waals surface area contributed by atoms with Crippen molar-refractivity contribution in [2.45, 2.75) is 33.6 Å². The van der Waals surface area contributed by atoms with Crippen LogP contribution in [0.4, 0.5) is 0 Å². The van der Waals surface area contributed by atoms with Crippen molar-refractivity contribution in [1.82, 2.24) is 0 Å². The van der Waals surface area contributed by atoms with Gasteiger partial charge >= 0.3 is 11.9 Å². The number of carbonyl (C=O) groups excluding carboxylic acids is 2. The van der Waals surface area contributed by atoms with Crippen molar-refractivity contribution in [3.8, 4) is 5.75 Å². The van der Waals surface area contributed by atoms with E-state index < -0.39 is 17.9 Å². The Labute approximate surface area is 131 Å². The van der Waals surface area contributed by atoms with Gasteiger partial charge in [-0.2, -0.15) is 0 Å². The van der Waals surface area contributed by atoms with Gasteiger partial charge in [-0.15, -0.1) is 0 Å². The van der Waals surface area contributed by atoms with Crippen molar-refractivity contribution in [3.05, 3.63) is 29.8 Å². The number of esters is 2. The molecule has 1 aromatic rings. The molecule has 0 heterocycles. The summed E-state index contributed by atoms with van der Waals surface area (Å²) in [6, 6.07) is 7.61. The van der Waals surface area contributed by atoms with Crippen LogP contribution in [0.25, 0.3) is 0 Å². The number of rotatable bonds is 9. The Hall–Kier alpha value is -2.04. The lowest BCUT2D eigenvalue weighted by atomic mass is 9.99. The normalized spacial score (nSPS) is 10.4. The van der Waals surface area contributed by atoms with Gasteiger partial charge in [0.2, 0.25) is 0 Å². The lowest BCUT2D eigenvalue weighted by Crippen LogP contribution is -2.28. The lowest BCUT2D eigenvalue weighted by Gasteiger charge is -2.14. The Bertz CT molecular complexity index is 448. The quantitative estimate of drug-likeness (QED) is 0.518. The number of carbonyl (C=O) groups is 2. The zero-order chi connectivity index (χ0) is 16.4. The highest BCUT2D eigenvalue weighted by Gasteiger charge is 2.29. The first-order chi connectivity index (χ1) is 10.6. The van der Waals surface area contributed by atoms with E-state index in [-0.39, 0.29) is 13.2 Å². The second-order valence-corrected chi connectivity index (χ2v) is 4.67. The fraction of sp³-hybridized carbons (Fsp3) is 0.529. The van der Waals surface area contributed by atoms with Crippen molar-refractivity contribution in [3.63, 3.8) is 0 Å². The summed E-state index contributed by atoms with van der Waals surface area (Å²) in [5.74, 6) is -1.11. The van der Waals surface area contributed by atoms with Crippen molar-refractivity contribution in [2.24, 2.45) is 5.92 Å².